The molecular weight excluding hydrogens is 309 g/mol. The fourth-order valence-electron chi connectivity index (χ4n) is 3.29. The van der Waals surface area contributed by atoms with Gasteiger partial charge in [-0.3, -0.25) is 9.80 Å². The van der Waals surface area contributed by atoms with E-state index in [1.807, 2.05) is 19.2 Å². The van der Waals surface area contributed by atoms with Crippen LogP contribution in [0.3, 0.4) is 0 Å². The highest BCUT2D eigenvalue weighted by Crippen LogP contribution is 2.30. The Balaban J connectivity index is 1.90. The first-order valence-electron chi connectivity index (χ1n) is 6.78. The van der Waals surface area contributed by atoms with Gasteiger partial charge in [-0.05, 0) is 29.0 Å². The Morgan fingerprint density at radius 2 is 2.05 bits per heavy atom. The molecule has 3 heterocycles. The smallest absolute Gasteiger partial charge is 0.142 e. The Hall–Kier alpha value is -0.490. The van der Waals surface area contributed by atoms with E-state index in [9.17, 15) is 4.39 Å². The van der Waals surface area contributed by atoms with Gasteiger partial charge < -0.3 is 5.32 Å². The van der Waals surface area contributed by atoms with Gasteiger partial charge >= 0.3 is 0 Å². The van der Waals surface area contributed by atoms with Crippen molar-refractivity contribution in [3.8, 4) is 0 Å². The zero-order valence-corrected chi connectivity index (χ0v) is 12.7. The maximum atomic E-state index is 14.3. The van der Waals surface area contributed by atoms with Gasteiger partial charge in [-0.1, -0.05) is 12.1 Å². The van der Waals surface area contributed by atoms with Gasteiger partial charge in [0.2, 0.25) is 0 Å². The molecule has 3 fully saturated rings. The lowest BCUT2D eigenvalue weighted by molar-refractivity contribution is -0.00305. The van der Waals surface area contributed by atoms with E-state index in [-0.39, 0.29) is 11.9 Å². The monoisotopic (exact) mass is 327 g/mol. The summed E-state index contributed by atoms with van der Waals surface area (Å²) in [5.74, 6) is -0.139. The molecule has 0 aliphatic carbocycles. The SMILES string of the molecule is CNC(c1cccc(Br)c1F)C1CN2CCN1CC2. The summed E-state index contributed by atoms with van der Waals surface area (Å²) in [4.78, 5) is 4.96. The standard InChI is InChI=1S/C14H19BrFN3/c1-17-14(10-3-2-4-11(15)13(10)16)12-9-18-5-7-19(12)8-6-18/h2-4,12,14,17H,5-9H2,1H3. The van der Waals surface area contributed by atoms with E-state index in [1.54, 1.807) is 6.07 Å². The minimum Gasteiger partial charge on any atom is -0.312 e. The van der Waals surface area contributed by atoms with Crippen molar-refractivity contribution in [2.24, 2.45) is 0 Å². The second-order valence-electron chi connectivity index (χ2n) is 5.31. The molecule has 1 N–H and O–H groups in total. The zero-order chi connectivity index (χ0) is 13.4. The van der Waals surface area contributed by atoms with E-state index in [2.05, 4.69) is 31.0 Å². The summed E-state index contributed by atoms with van der Waals surface area (Å²) < 4.78 is 14.9. The van der Waals surface area contributed by atoms with E-state index >= 15 is 0 Å². The fraction of sp³-hybridized carbons (Fsp3) is 0.571. The molecular formula is C14H19BrFN3. The van der Waals surface area contributed by atoms with Crippen molar-refractivity contribution in [3.05, 3.63) is 34.1 Å². The van der Waals surface area contributed by atoms with Crippen LogP contribution in [0.2, 0.25) is 0 Å². The highest BCUT2D eigenvalue weighted by Gasteiger charge is 2.37. The summed E-state index contributed by atoms with van der Waals surface area (Å²) >= 11 is 3.28. The number of likely N-dealkylation sites (N-methyl/N-ethyl adjacent to an activating group) is 1. The van der Waals surface area contributed by atoms with Crippen molar-refractivity contribution in [2.75, 3.05) is 39.8 Å². The summed E-state index contributed by atoms with van der Waals surface area (Å²) in [7, 11) is 1.92. The highest BCUT2D eigenvalue weighted by atomic mass is 79.9. The van der Waals surface area contributed by atoms with Crippen molar-refractivity contribution in [2.45, 2.75) is 12.1 Å². The molecule has 4 rings (SSSR count). The number of piperazine rings is 3. The van der Waals surface area contributed by atoms with E-state index < -0.39 is 0 Å². The normalized spacial score (nSPS) is 31.4. The molecule has 2 atom stereocenters. The first kappa shape index (κ1) is 13.5. The number of fused-ring (bicyclic) bond motifs is 3. The van der Waals surface area contributed by atoms with Crippen molar-refractivity contribution >= 4 is 15.9 Å². The summed E-state index contributed by atoms with van der Waals surface area (Å²) in [6.45, 7) is 5.51. The second-order valence-corrected chi connectivity index (χ2v) is 6.17. The topological polar surface area (TPSA) is 18.5 Å². The maximum Gasteiger partial charge on any atom is 0.142 e. The van der Waals surface area contributed by atoms with Gasteiger partial charge in [0.15, 0.2) is 0 Å². The van der Waals surface area contributed by atoms with E-state index in [0.717, 1.165) is 38.3 Å². The van der Waals surface area contributed by atoms with Gasteiger partial charge in [-0.15, -0.1) is 0 Å². The number of hydrogen-bond donors (Lipinski definition) is 1. The van der Waals surface area contributed by atoms with Crippen LogP contribution in [0, 0.1) is 5.82 Å². The molecule has 2 unspecified atom stereocenters. The summed E-state index contributed by atoms with van der Waals surface area (Å²) in [6.07, 6.45) is 0. The molecule has 3 nitrogen and oxygen atoms in total. The molecule has 0 amide bonds. The van der Waals surface area contributed by atoms with Crippen LogP contribution in [0.4, 0.5) is 4.39 Å². The average Bonchev–Trinajstić information content (AvgIpc) is 2.46. The van der Waals surface area contributed by atoms with Crippen LogP contribution < -0.4 is 5.32 Å². The Kier molecular flexibility index (Phi) is 3.89. The minimum atomic E-state index is -0.139. The highest BCUT2D eigenvalue weighted by molar-refractivity contribution is 9.10. The summed E-state index contributed by atoms with van der Waals surface area (Å²) in [5.41, 5.74) is 0.760. The molecule has 2 bridgehead atoms. The molecule has 104 valence electrons. The van der Waals surface area contributed by atoms with Crippen LogP contribution in [0.1, 0.15) is 11.6 Å². The molecule has 0 spiro atoms. The Bertz CT molecular complexity index is 460. The zero-order valence-electron chi connectivity index (χ0n) is 11.1. The molecule has 1 aromatic rings. The molecule has 3 aliphatic rings. The van der Waals surface area contributed by atoms with Crippen LogP contribution >= 0.6 is 15.9 Å². The van der Waals surface area contributed by atoms with Crippen molar-refractivity contribution in [3.63, 3.8) is 0 Å². The van der Waals surface area contributed by atoms with E-state index in [4.69, 9.17) is 0 Å². The second kappa shape index (κ2) is 5.48. The number of benzene rings is 1. The molecule has 1 aromatic carbocycles. The van der Waals surface area contributed by atoms with E-state index in [1.165, 1.54) is 0 Å². The molecule has 0 aromatic heterocycles. The lowest BCUT2D eigenvalue weighted by Crippen LogP contribution is -2.63. The van der Waals surface area contributed by atoms with Gasteiger partial charge in [-0.2, -0.15) is 0 Å². The first-order chi connectivity index (χ1) is 9.20. The molecule has 3 saturated heterocycles. The van der Waals surface area contributed by atoms with Crippen molar-refractivity contribution in [1.82, 2.24) is 15.1 Å². The number of rotatable bonds is 3. The summed E-state index contributed by atoms with van der Waals surface area (Å²) in [6, 6.07) is 5.95. The Morgan fingerprint density at radius 1 is 1.32 bits per heavy atom. The van der Waals surface area contributed by atoms with Crippen LogP contribution in [0.15, 0.2) is 22.7 Å². The van der Waals surface area contributed by atoms with Gasteiger partial charge in [-0.25, -0.2) is 4.39 Å². The first-order valence-corrected chi connectivity index (χ1v) is 7.57. The molecule has 0 radical (unpaired) electrons. The fourth-order valence-corrected chi connectivity index (χ4v) is 3.67. The van der Waals surface area contributed by atoms with Gasteiger partial charge in [0.25, 0.3) is 0 Å². The quantitative estimate of drug-likeness (QED) is 0.914. The predicted molar refractivity (Wildman–Crippen MR) is 77.7 cm³/mol. The van der Waals surface area contributed by atoms with Crippen LogP contribution in [0.25, 0.3) is 0 Å². The number of halogens is 2. The largest absolute Gasteiger partial charge is 0.312 e. The minimum absolute atomic E-state index is 0.0422. The van der Waals surface area contributed by atoms with Crippen LogP contribution in [-0.4, -0.2) is 55.6 Å². The van der Waals surface area contributed by atoms with Crippen LogP contribution in [-0.2, 0) is 0 Å². The number of hydrogen-bond acceptors (Lipinski definition) is 3. The van der Waals surface area contributed by atoms with Crippen LogP contribution in [0.5, 0.6) is 0 Å². The molecule has 3 aliphatic heterocycles. The molecule has 5 heteroatoms. The lowest BCUT2D eigenvalue weighted by atomic mass is 9.94. The third-order valence-corrected chi connectivity index (χ3v) is 4.95. The third-order valence-electron chi connectivity index (χ3n) is 4.33. The van der Waals surface area contributed by atoms with Gasteiger partial charge in [0.1, 0.15) is 5.82 Å². The number of nitrogens with zero attached hydrogens (tertiary/aromatic N) is 2. The maximum absolute atomic E-state index is 14.3. The Labute approximate surface area is 121 Å². The summed E-state index contributed by atoms with van der Waals surface area (Å²) in [5, 5.41) is 3.31. The lowest BCUT2D eigenvalue weighted by Gasteiger charge is -2.50. The predicted octanol–water partition coefficient (Wildman–Crippen LogP) is 1.85. The average molecular weight is 328 g/mol. The van der Waals surface area contributed by atoms with Crippen molar-refractivity contribution in [1.29, 1.82) is 0 Å². The molecule has 0 saturated carbocycles. The Morgan fingerprint density at radius 3 is 2.63 bits per heavy atom. The third kappa shape index (κ3) is 2.44. The van der Waals surface area contributed by atoms with Gasteiger partial charge in [0.05, 0.1) is 10.5 Å². The van der Waals surface area contributed by atoms with Crippen molar-refractivity contribution < 1.29 is 4.39 Å². The number of nitrogens with one attached hydrogen (secondary N) is 1. The van der Waals surface area contributed by atoms with Gasteiger partial charge in [0, 0.05) is 44.3 Å². The van der Waals surface area contributed by atoms with E-state index in [0.29, 0.717) is 10.5 Å². The molecule has 19 heavy (non-hydrogen) atoms.